The Bertz CT molecular complexity index is 711. The summed E-state index contributed by atoms with van der Waals surface area (Å²) in [4.78, 5) is 25.6. The van der Waals surface area contributed by atoms with Crippen LogP contribution in [0.15, 0.2) is 33.9 Å². The molecule has 0 atom stereocenters. The molecule has 1 aromatic carbocycles. The SMILES string of the molecule is CCc1ccc(Cn2c(O)c(CC)c(=O)[nH]c2=O)cc1. The van der Waals surface area contributed by atoms with E-state index < -0.39 is 11.2 Å². The van der Waals surface area contributed by atoms with Gasteiger partial charge in [0.2, 0.25) is 5.88 Å². The lowest BCUT2D eigenvalue weighted by molar-refractivity contribution is 0.402. The summed E-state index contributed by atoms with van der Waals surface area (Å²) in [7, 11) is 0. The van der Waals surface area contributed by atoms with Crippen molar-refractivity contribution in [3.05, 3.63) is 61.8 Å². The maximum Gasteiger partial charge on any atom is 0.331 e. The number of benzene rings is 1. The molecule has 1 aromatic heterocycles. The minimum Gasteiger partial charge on any atom is -0.494 e. The Balaban J connectivity index is 2.42. The second kappa shape index (κ2) is 5.77. The fourth-order valence-electron chi connectivity index (χ4n) is 2.13. The van der Waals surface area contributed by atoms with Gasteiger partial charge >= 0.3 is 5.69 Å². The van der Waals surface area contributed by atoms with E-state index in [4.69, 9.17) is 0 Å². The summed E-state index contributed by atoms with van der Waals surface area (Å²) in [5.74, 6) is -0.249. The van der Waals surface area contributed by atoms with Gasteiger partial charge in [-0.2, -0.15) is 0 Å². The third kappa shape index (κ3) is 2.66. The van der Waals surface area contributed by atoms with Crippen molar-refractivity contribution in [3.8, 4) is 5.88 Å². The minimum absolute atomic E-state index is 0.231. The van der Waals surface area contributed by atoms with Gasteiger partial charge in [0.05, 0.1) is 12.1 Å². The van der Waals surface area contributed by atoms with Crippen LogP contribution in [0, 0.1) is 0 Å². The van der Waals surface area contributed by atoms with Crippen molar-refractivity contribution >= 4 is 0 Å². The summed E-state index contributed by atoms with van der Waals surface area (Å²) in [6.45, 7) is 4.06. The molecule has 0 radical (unpaired) electrons. The number of aromatic hydroxyl groups is 1. The summed E-state index contributed by atoms with van der Waals surface area (Å²) in [6.07, 6.45) is 1.32. The molecule has 5 nitrogen and oxygen atoms in total. The third-order valence-electron chi connectivity index (χ3n) is 3.39. The molecule has 1 heterocycles. The zero-order chi connectivity index (χ0) is 14.7. The number of nitrogens with zero attached hydrogens (tertiary/aromatic N) is 1. The first kappa shape index (κ1) is 14.1. The average Bonchev–Trinajstić information content (AvgIpc) is 2.44. The lowest BCUT2D eigenvalue weighted by Crippen LogP contribution is -2.32. The second-order valence-electron chi connectivity index (χ2n) is 4.67. The van der Waals surface area contributed by atoms with Crippen molar-refractivity contribution in [3.63, 3.8) is 0 Å². The van der Waals surface area contributed by atoms with Crippen LogP contribution in [0.3, 0.4) is 0 Å². The Labute approximate surface area is 116 Å². The van der Waals surface area contributed by atoms with Crippen LogP contribution >= 0.6 is 0 Å². The van der Waals surface area contributed by atoms with Gasteiger partial charge in [-0.1, -0.05) is 38.1 Å². The average molecular weight is 274 g/mol. The Morgan fingerprint density at radius 2 is 1.65 bits per heavy atom. The zero-order valence-electron chi connectivity index (χ0n) is 11.6. The molecule has 0 aliphatic heterocycles. The number of aryl methyl sites for hydroxylation is 1. The van der Waals surface area contributed by atoms with Crippen LogP contribution in [0.25, 0.3) is 0 Å². The monoisotopic (exact) mass is 274 g/mol. The predicted octanol–water partition coefficient (Wildman–Crippen LogP) is 1.42. The van der Waals surface area contributed by atoms with Gasteiger partial charge in [0, 0.05) is 0 Å². The van der Waals surface area contributed by atoms with E-state index in [2.05, 4.69) is 11.9 Å². The predicted molar refractivity (Wildman–Crippen MR) is 77.3 cm³/mol. The molecule has 0 aliphatic rings. The van der Waals surface area contributed by atoms with Gasteiger partial charge in [0.15, 0.2) is 0 Å². The normalized spacial score (nSPS) is 10.7. The van der Waals surface area contributed by atoms with Gasteiger partial charge < -0.3 is 5.11 Å². The van der Waals surface area contributed by atoms with E-state index in [9.17, 15) is 14.7 Å². The number of aromatic amines is 1. The van der Waals surface area contributed by atoms with Crippen molar-refractivity contribution in [1.29, 1.82) is 0 Å². The van der Waals surface area contributed by atoms with E-state index in [1.165, 1.54) is 10.1 Å². The fourth-order valence-corrected chi connectivity index (χ4v) is 2.13. The van der Waals surface area contributed by atoms with Crippen LogP contribution < -0.4 is 11.2 Å². The summed E-state index contributed by atoms with van der Waals surface area (Å²) in [5.41, 5.74) is 1.22. The quantitative estimate of drug-likeness (QED) is 0.885. The van der Waals surface area contributed by atoms with E-state index >= 15 is 0 Å². The van der Waals surface area contributed by atoms with Crippen LogP contribution in [-0.2, 0) is 19.4 Å². The van der Waals surface area contributed by atoms with Crippen molar-refractivity contribution in [2.24, 2.45) is 0 Å². The number of aromatic nitrogens is 2. The highest BCUT2D eigenvalue weighted by Crippen LogP contribution is 2.13. The molecule has 2 rings (SSSR count). The van der Waals surface area contributed by atoms with Crippen LogP contribution in [0.2, 0.25) is 0 Å². The van der Waals surface area contributed by atoms with E-state index in [-0.39, 0.29) is 18.0 Å². The summed E-state index contributed by atoms with van der Waals surface area (Å²) in [5, 5.41) is 10.1. The van der Waals surface area contributed by atoms with Gasteiger partial charge in [-0.3, -0.25) is 14.3 Å². The summed E-state index contributed by atoms with van der Waals surface area (Å²) >= 11 is 0. The van der Waals surface area contributed by atoms with Crippen LogP contribution in [0.1, 0.15) is 30.5 Å². The maximum atomic E-state index is 11.8. The molecule has 2 N–H and O–H groups in total. The lowest BCUT2D eigenvalue weighted by Gasteiger charge is -2.11. The molecule has 0 saturated heterocycles. The lowest BCUT2D eigenvalue weighted by atomic mass is 10.1. The molecule has 0 aliphatic carbocycles. The van der Waals surface area contributed by atoms with Crippen molar-refractivity contribution in [2.75, 3.05) is 0 Å². The Morgan fingerprint density at radius 1 is 1.05 bits per heavy atom. The topological polar surface area (TPSA) is 75.1 Å². The van der Waals surface area contributed by atoms with Crippen molar-refractivity contribution in [2.45, 2.75) is 33.2 Å². The molecule has 5 heteroatoms. The summed E-state index contributed by atoms with van der Waals surface area (Å²) in [6, 6.07) is 7.82. The van der Waals surface area contributed by atoms with Gasteiger partial charge in [0.1, 0.15) is 0 Å². The van der Waals surface area contributed by atoms with Crippen molar-refractivity contribution in [1.82, 2.24) is 9.55 Å². The van der Waals surface area contributed by atoms with Crippen LogP contribution in [-0.4, -0.2) is 14.7 Å². The number of H-pyrrole nitrogens is 1. The second-order valence-corrected chi connectivity index (χ2v) is 4.67. The molecule has 0 unspecified atom stereocenters. The van der Waals surface area contributed by atoms with E-state index in [1.54, 1.807) is 6.92 Å². The van der Waals surface area contributed by atoms with E-state index in [1.807, 2.05) is 24.3 Å². The third-order valence-corrected chi connectivity index (χ3v) is 3.39. The highest BCUT2D eigenvalue weighted by molar-refractivity contribution is 5.26. The van der Waals surface area contributed by atoms with Gasteiger partial charge in [0.25, 0.3) is 5.56 Å². The Hall–Kier alpha value is -2.30. The van der Waals surface area contributed by atoms with Crippen LogP contribution in [0.4, 0.5) is 0 Å². The Morgan fingerprint density at radius 3 is 2.20 bits per heavy atom. The first-order chi connectivity index (χ1) is 9.56. The number of hydrogen-bond donors (Lipinski definition) is 2. The molecule has 0 saturated carbocycles. The number of nitrogens with one attached hydrogen (secondary N) is 1. The van der Waals surface area contributed by atoms with E-state index in [0.29, 0.717) is 6.42 Å². The molecule has 2 aromatic rings. The number of rotatable bonds is 4. The molecule has 20 heavy (non-hydrogen) atoms. The first-order valence-electron chi connectivity index (χ1n) is 6.69. The molecule has 0 fully saturated rings. The molecule has 0 amide bonds. The van der Waals surface area contributed by atoms with Gasteiger partial charge in [-0.25, -0.2) is 4.79 Å². The smallest absolute Gasteiger partial charge is 0.331 e. The molecular weight excluding hydrogens is 256 g/mol. The maximum absolute atomic E-state index is 11.8. The first-order valence-corrected chi connectivity index (χ1v) is 6.69. The highest BCUT2D eigenvalue weighted by atomic mass is 16.3. The highest BCUT2D eigenvalue weighted by Gasteiger charge is 2.12. The van der Waals surface area contributed by atoms with Crippen LogP contribution in [0.5, 0.6) is 5.88 Å². The fraction of sp³-hybridized carbons (Fsp3) is 0.333. The molecule has 0 bridgehead atoms. The largest absolute Gasteiger partial charge is 0.494 e. The molecule has 0 spiro atoms. The zero-order valence-corrected chi connectivity index (χ0v) is 11.6. The minimum atomic E-state index is -0.593. The van der Waals surface area contributed by atoms with Crippen molar-refractivity contribution < 1.29 is 5.11 Å². The van der Waals surface area contributed by atoms with E-state index in [0.717, 1.165) is 12.0 Å². The molecular formula is C15H18N2O3. The van der Waals surface area contributed by atoms with Gasteiger partial charge in [-0.15, -0.1) is 0 Å². The summed E-state index contributed by atoms with van der Waals surface area (Å²) < 4.78 is 1.18. The standard InChI is InChI=1S/C15H18N2O3/c1-3-10-5-7-11(8-6-10)9-17-14(19)12(4-2)13(18)16-15(17)20/h5-8,19H,3-4,9H2,1-2H3,(H,16,18,20). The van der Waals surface area contributed by atoms with Gasteiger partial charge in [-0.05, 0) is 24.0 Å². The number of hydrogen-bond acceptors (Lipinski definition) is 3. The molecule has 106 valence electrons. The Kier molecular flexibility index (Phi) is 4.08.